The van der Waals surface area contributed by atoms with E-state index in [1.807, 2.05) is 13.0 Å². The van der Waals surface area contributed by atoms with Gasteiger partial charge in [-0.05, 0) is 44.0 Å². The van der Waals surface area contributed by atoms with Gasteiger partial charge >= 0.3 is 5.97 Å². The van der Waals surface area contributed by atoms with Gasteiger partial charge in [0.15, 0.2) is 0 Å². The van der Waals surface area contributed by atoms with E-state index < -0.39 is 5.97 Å². The quantitative estimate of drug-likeness (QED) is 0.900. The first-order chi connectivity index (χ1) is 9.40. The predicted molar refractivity (Wildman–Crippen MR) is 74.3 cm³/mol. The van der Waals surface area contributed by atoms with Crippen molar-refractivity contribution < 1.29 is 19.1 Å². The van der Waals surface area contributed by atoms with Gasteiger partial charge in [0.2, 0.25) is 0 Å². The number of carbonyl (C=O) groups is 2. The Hall–Kier alpha value is -2.56. The maximum atomic E-state index is 12.1. The first kappa shape index (κ1) is 13.9. The van der Waals surface area contributed by atoms with Crippen molar-refractivity contribution in [2.75, 3.05) is 5.32 Å². The third-order valence-electron chi connectivity index (χ3n) is 3.05. The van der Waals surface area contributed by atoms with Crippen molar-refractivity contribution in [3.8, 4) is 0 Å². The first-order valence-electron chi connectivity index (χ1n) is 6.10. The zero-order valence-electron chi connectivity index (χ0n) is 11.5. The molecule has 2 aromatic rings. The topological polar surface area (TPSA) is 79.5 Å². The molecule has 0 unspecified atom stereocenters. The molecule has 2 N–H and O–H groups in total. The van der Waals surface area contributed by atoms with Gasteiger partial charge in [0.25, 0.3) is 5.91 Å². The van der Waals surface area contributed by atoms with Crippen molar-refractivity contribution in [3.63, 3.8) is 0 Å². The maximum Gasteiger partial charge on any atom is 0.337 e. The fourth-order valence-electron chi connectivity index (χ4n) is 2.10. The number of amides is 1. The zero-order chi connectivity index (χ0) is 14.9. The molecule has 1 aromatic carbocycles. The summed E-state index contributed by atoms with van der Waals surface area (Å²) in [6, 6.07) is 4.91. The summed E-state index contributed by atoms with van der Waals surface area (Å²) in [7, 11) is 0. The summed E-state index contributed by atoms with van der Waals surface area (Å²) in [4.78, 5) is 23.4. The summed E-state index contributed by atoms with van der Waals surface area (Å²) in [5.74, 6) is -0.967. The second-order valence-corrected chi connectivity index (χ2v) is 4.65. The van der Waals surface area contributed by atoms with Crippen LogP contribution in [0.1, 0.15) is 37.6 Å². The van der Waals surface area contributed by atoms with Gasteiger partial charge in [0, 0.05) is 0 Å². The highest BCUT2D eigenvalue weighted by Crippen LogP contribution is 2.24. The molecule has 1 heterocycles. The van der Waals surface area contributed by atoms with Gasteiger partial charge in [0.1, 0.15) is 5.76 Å². The maximum absolute atomic E-state index is 12.1. The van der Waals surface area contributed by atoms with Crippen LogP contribution >= 0.6 is 0 Å². The van der Waals surface area contributed by atoms with Crippen LogP contribution in [0, 0.1) is 20.8 Å². The van der Waals surface area contributed by atoms with Crippen LogP contribution < -0.4 is 5.32 Å². The third kappa shape index (κ3) is 2.56. The van der Waals surface area contributed by atoms with Crippen molar-refractivity contribution >= 4 is 17.6 Å². The van der Waals surface area contributed by atoms with Gasteiger partial charge in [-0.2, -0.15) is 0 Å². The normalized spacial score (nSPS) is 10.3. The number of hydrogen-bond acceptors (Lipinski definition) is 3. The van der Waals surface area contributed by atoms with Gasteiger partial charge in [-0.3, -0.25) is 4.79 Å². The Balaban J connectivity index is 2.41. The molecule has 0 fully saturated rings. The Morgan fingerprint density at radius 2 is 1.85 bits per heavy atom. The number of aromatic carboxylic acids is 1. The Kier molecular flexibility index (Phi) is 3.61. The Labute approximate surface area is 116 Å². The van der Waals surface area contributed by atoms with E-state index in [-0.39, 0.29) is 11.5 Å². The van der Waals surface area contributed by atoms with Crippen molar-refractivity contribution in [2.45, 2.75) is 20.8 Å². The van der Waals surface area contributed by atoms with Gasteiger partial charge in [0.05, 0.1) is 23.1 Å². The summed E-state index contributed by atoms with van der Waals surface area (Å²) >= 11 is 0. The number of nitrogens with one attached hydrogen (secondary N) is 1. The van der Waals surface area contributed by atoms with E-state index in [0.717, 1.165) is 5.56 Å². The average Bonchev–Trinajstić information content (AvgIpc) is 2.78. The number of carboxylic acid groups (broad SMARTS) is 1. The summed E-state index contributed by atoms with van der Waals surface area (Å²) in [6.45, 7) is 5.25. The van der Waals surface area contributed by atoms with Crippen LogP contribution in [0.2, 0.25) is 0 Å². The standard InChI is InChI=1S/C15H15NO4/c1-8-6-9(2)13(12(7-8)15(18)19)16-14(17)11-4-5-20-10(11)3/h4-7H,1-3H3,(H,16,17)(H,18,19). The van der Waals surface area contributed by atoms with Gasteiger partial charge in [-0.15, -0.1) is 0 Å². The van der Waals surface area contributed by atoms with E-state index >= 15 is 0 Å². The molecule has 20 heavy (non-hydrogen) atoms. The van der Waals surface area contributed by atoms with E-state index in [4.69, 9.17) is 4.42 Å². The van der Waals surface area contributed by atoms with Crippen molar-refractivity contribution in [1.82, 2.24) is 0 Å². The van der Waals surface area contributed by atoms with E-state index in [2.05, 4.69) is 5.32 Å². The molecule has 0 bridgehead atoms. The third-order valence-corrected chi connectivity index (χ3v) is 3.05. The SMILES string of the molecule is Cc1cc(C)c(NC(=O)c2ccoc2C)c(C(=O)O)c1. The highest BCUT2D eigenvalue weighted by atomic mass is 16.4. The van der Waals surface area contributed by atoms with Crippen LogP contribution in [0.4, 0.5) is 5.69 Å². The van der Waals surface area contributed by atoms with Crippen LogP contribution in [0.15, 0.2) is 28.9 Å². The molecule has 0 aliphatic rings. The highest BCUT2D eigenvalue weighted by Gasteiger charge is 2.18. The molecule has 5 nitrogen and oxygen atoms in total. The number of furan rings is 1. The lowest BCUT2D eigenvalue weighted by Gasteiger charge is -2.12. The summed E-state index contributed by atoms with van der Waals surface area (Å²) in [6.07, 6.45) is 1.42. The number of carbonyl (C=O) groups excluding carboxylic acids is 1. The number of carboxylic acids is 1. The van der Waals surface area contributed by atoms with E-state index in [9.17, 15) is 14.7 Å². The van der Waals surface area contributed by atoms with E-state index in [1.54, 1.807) is 19.9 Å². The highest BCUT2D eigenvalue weighted by molar-refractivity contribution is 6.08. The molecule has 0 radical (unpaired) electrons. The zero-order valence-corrected chi connectivity index (χ0v) is 11.5. The van der Waals surface area contributed by atoms with Gasteiger partial charge in [-0.1, -0.05) is 6.07 Å². The lowest BCUT2D eigenvalue weighted by atomic mass is 10.0. The smallest absolute Gasteiger partial charge is 0.337 e. The average molecular weight is 273 g/mol. The number of hydrogen-bond donors (Lipinski definition) is 2. The minimum absolute atomic E-state index is 0.0806. The predicted octanol–water partition coefficient (Wildman–Crippen LogP) is 3.16. The molecule has 0 aliphatic carbocycles. The van der Waals surface area contributed by atoms with Gasteiger partial charge < -0.3 is 14.8 Å². The summed E-state index contributed by atoms with van der Waals surface area (Å²) < 4.78 is 5.07. The Bertz CT molecular complexity index is 685. The second-order valence-electron chi connectivity index (χ2n) is 4.65. The van der Waals surface area contributed by atoms with E-state index in [0.29, 0.717) is 22.6 Å². The van der Waals surface area contributed by atoms with Crippen LogP contribution in [-0.4, -0.2) is 17.0 Å². The first-order valence-corrected chi connectivity index (χ1v) is 6.10. The molecule has 1 aromatic heterocycles. The monoisotopic (exact) mass is 273 g/mol. The molecule has 0 atom stereocenters. The van der Waals surface area contributed by atoms with Gasteiger partial charge in [-0.25, -0.2) is 4.79 Å². The van der Waals surface area contributed by atoms with Crippen LogP contribution in [-0.2, 0) is 0 Å². The van der Waals surface area contributed by atoms with E-state index in [1.165, 1.54) is 12.3 Å². The number of benzene rings is 1. The lowest BCUT2D eigenvalue weighted by Crippen LogP contribution is -2.16. The molecule has 0 spiro atoms. The fourth-order valence-corrected chi connectivity index (χ4v) is 2.10. The Morgan fingerprint density at radius 3 is 2.40 bits per heavy atom. The molecule has 2 rings (SSSR count). The molecule has 0 aliphatic heterocycles. The minimum Gasteiger partial charge on any atom is -0.478 e. The van der Waals surface area contributed by atoms with Crippen molar-refractivity contribution in [2.24, 2.45) is 0 Å². The Morgan fingerprint density at radius 1 is 1.15 bits per heavy atom. The van der Waals surface area contributed by atoms with Crippen LogP contribution in [0.5, 0.6) is 0 Å². The molecule has 0 saturated heterocycles. The molecule has 104 valence electrons. The summed E-state index contributed by atoms with van der Waals surface area (Å²) in [5, 5.41) is 11.9. The lowest BCUT2D eigenvalue weighted by molar-refractivity contribution is 0.0698. The van der Waals surface area contributed by atoms with Crippen LogP contribution in [0.3, 0.4) is 0 Å². The number of aryl methyl sites for hydroxylation is 3. The number of anilines is 1. The summed E-state index contributed by atoms with van der Waals surface area (Å²) in [5.41, 5.74) is 2.32. The van der Waals surface area contributed by atoms with Crippen molar-refractivity contribution in [1.29, 1.82) is 0 Å². The van der Waals surface area contributed by atoms with Crippen LogP contribution in [0.25, 0.3) is 0 Å². The largest absolute Gasteiger partial charge is 0.478 e. The molecule has 0 saturated carbocycles. The fraction of sp³-hybridized carbons (Fsp3) is 0.200. The molecular formula is C15H15NO4. The minimum atomic E-state index is -1.07. The molecule has 5 heteroatoms. The molecular weight excluding hydrogens is 258 g/mol. The van der Waals surface area contributed by atoms with Crippen molar-refractivity contribution in [3.05, 3.63) is 52.5 Å². The molecule has 1 amide bonds. The number of rotatable bonds is 3. The second kappa shape index (κ2) is 5.21.